The van der Waals surface area contributed by atoms with Crippen LogP contribution in [-0.4, -0.2) is 16.9 Å². The van der Waals surface area contributed by atoms with E-state index in [0.29, 0.717) is 6.42 Å². The van der Waals surface area contributed by atoms with Gasteiger partial charge in [-0.05, 0) is 55.5 Å². The van der Waals surface area contributed by atoms with E-state index < -0.39 is 0 Å². The van der Waals surface area contributed by atoms with E-state index in [1.54, 1.807) is 0 Å². The maximum absolute atomic E-state index is 12.4. The molecule has 0 radical (unpaired) electrons. The van der Waals surface area contributed by atoms with Gasteiger partial charge < -0.3 is 10.3 Å². The van der Waals surface area contributed by atoms with E-state index in [9.17, 15) is 4.79 Å². The average molecular weight is 353 g/mol. The maximum Gasteiger partial charge on any atom is 0.224 e. The predicted molar refractivity (Wildman–Crippen MR) is 102 cm³/mol. The fraction of sp³-hybridized carbons (Fsp3) is 0.286. The standard InChI is InChI=1S/C21H21ClN2O/c1-13-2-4-14(5-3-13)10-21(25)23-16-7-9-20-18(12-16)17-11-15(22)6-8-19(17)24-20/h2-6,8,11,16,24H,7,9-10,12H2,1H3,(H,23,25). The number of amides is 1. The summed E-state index contributed by atoms with van der Waals surface area (Å²) in [5.41, 5.74) is 5.96. The molecular formula is C21H21ClN2O. The topological polar surface area (TPSA) is 44.9 Å². The second-order valence-corrected chi connectivity index (χ2v) is 7.38. The number of benzene rings is 2. The van der Waals surface area contributed by atoms with Gasteiger partial charge in [0.2, 0.25) is 5.91 Å². The number of halogens is 1. The molecule has 1 heterocycles. The number of carbonyl (C=O) groups is 1. The highest BCUT2D eigenvalue weighted by Gasteiger charge is 2.23. The quantitative estimate of drug-likeness (QED) is 0.723. The number of aromatic nitrogens is 1. The Labute approximate surface area is 152 Å². The Morgan fingerprint density at radius 1 is 1.24 bits per heavy atom. The van der Waals surface area contributed by atoms with Gasteiger partial charge in [-0.3, -0.25) is 4.79 Å². The molecule has 1 amide bonds. The first-order valence-corrected chi connectivity index (χ1v) is 9.10. The summed E-state index contributed by atoms with van der Waals surface area (Å²) in [7, 11) is 0. The lowest BCUT2D eigenvalue weighted by Crippen LogP contribution is -2.39. The highest BCUT2D eigenvalue weighted by atomic mass is 35.5. The molecule has 2 N–H and O–H groups in total. The van der Waals surface area contributed by atoms with Gasteiger partial charge in [0.05, 0.1) is 6.42 Å². The summed E-state index contributed by atoms with van der Waals surface area (Å²) in [6, 6.07) is 14.3. The van der Waals surface area contributed by atoms with Gasteiger partial charge in [0.1, 0.15) is 0 Å². The summed E-state index contributed by atoms with van der Waals surface area (Å²) in [6.45, 7) is 2.05. The summed E-state index contributed by atoms with van der Waals surface area (Å²) in [4.78, 5) is 15.9. The van der Waals surface area contributed by atoms with E-state index in [-0.39, 0.29) is 11.9 Å². The molecule has 0 bridgehead atoms. The van der Waals surface area contributed by atoms with Crippen LogP contribution < -0.4 is 5.32 Å². The maximum atomic E-state index is 12.4. The van der Waals surface area contributed by atoms with Crippen LogP contribution >= 0.6 is 11.6 Å². The van der Waals surface area contributed by atoms with E-state index in [2.05, 4.69) is 17.2 Å². The molecule has 1 aromatic heterocycles. The van der Waals surface area contributed by atoms with Gasteiger partial charge in [0, 0.05) is 27.7 Å². The lowest BCUT2D eigenvalue weighted by Gasteiger charge is -2.23. The van der Waals surface area contributed by atoms with Gasteiger partial charge in [-0.25, -0.2) is 0 Å². The number of H-pyrrole nitrogens is 1. The minimum absolute atomic E-state index is 0.0928. The van der Waals surface area contributed by atoms with Crippen molar-refractivity contribution in [3.05, 3.63) is 69.9 Å². The third kappa shape index (κ3) is 3.42. The van der Waals surface area contributed by atoms with Gasteiger partial charge in [-0.15, -0.1) is 0 Å². The smallest absolute Gasteiger partial charge is 0.224 e. The van der Waals surface area contributed by atoms with E-state index in [1.807, 2.05) is 42.5 Å². The number of rotatable bonds is 3. The first kappa shape index (κ1) is 16.2. The first-order chi connectivity index (χ1) is 12.1. The molecule has 0 aliphatic heterocycles. The summed E-state index contributed by atoms with van der Waals surface area (Å²) >= 11 is 6.16. The third-order valence-electron chi connectivity index (χ3n) is 5.00. The molecule has 2 aromatic carbocycles. The molecule has 1 aliphatic carbocycles. The number of carbonyl (C=O) groups excluding carboxylic acids is 1. The number of fused-ring (bicyclic) bond motifs is 3. The van der Waals surface area contributed by atoms with Crippen molar-refractivity contribution in [3.63, 3.8) is 0 Å². The Morgan fingerprint density at radius 3 is 2.84 bits per heavy atom. The Balaban J connectivity index is 1.46. The van der Waals surface area contributed by atoms with Gasteiger partial charge >= 0.3 is 0 Å². The van der Waals surface area contributed by atoms with Crippen LogP contribution in [-0.2, 0) is 24.1 Å². The van der Waals surface area contributed by atoms with Crippen LogP contribution in [0.3, 0.4) is 0 Å². The minimum atomic E-state index is 0.0928. The summed E-state index contributed by atoms with van der Waals surface area (Å²) in [5.74, 6) is 0.0928. The Morgan fingerprint density at radius 2 is 2.04 bits per heavy atom. The molecule has 3 aromatic rings. The van der Waals surface area contributed by atoms with Crippen LogP contribution in [0.25, 0.3) is 10.9 Å². The third-order valence-corrected chi connectivity index (χ3v) is 5.24. The molecular weight excluding hydrogens is 332 g/mol. The molecule has 128 valence electrons. The van der Waals surface area contributed by atoms with Crippen molar-refractivity contribution in [1.82, 2.24) is 10.3 Å². The molecule has 4 heteroatoms. The van der Waals surface area contributed by atoms with E-state index >= 15 is 0 Å². The first-order valence-electron chi connectivity index (χ1n) is 8.72. The predicted octanol–water partition coefficient (Wildman–Crippen LogP) is 4.35. The van der Waals surface area contributed by atoms with E-state index in [4.69, 9.17) is 11.6 Å². The molecule has 4 rings (SSSR count). The van der Waals surface area contributed by atoms with Crippen molar-refractivity contribution in [2.75, 3.05) is 0 Å². The van der Waals surface area contributed by atoms with Crippen LogP contribution in [0.15, 0.2) is 42.5 Å². The Bertz CT molecular complexity index is 927. The van der Waals surface area contributed by atoms with Crippen molar-refractivity contribution in [2.45, 2.75) is 38.6 Å². The van der Waals surface area contributed by atoms with Gasteiger partial charge in [-0.2, -0.15) is 0 Å². The lowest BCUT2D eigenvalue weighted by atomic mass is 9.91. The number of hydrogen-bond donors (Lipinski definition) is 2. The zero-order valence-electron chi connectivity index (χ0n) is 14.2. The van der Waals surface area contributed by atoms with Crippen molar-refractivity contribution in [3.8, 4) is 0 Å². The monoisotopic (exact) mass is 352 g/mol. The van der Waals surface area contributed by atoms with E-state index in [1.165, 1.54) is 22.2 Å². The normalized spacial score (nSPS) is 16.6. The molecule has 25 heavy (non-hydrogen) atoms. The summed E-state index contributed by atoms with van der Waals surface area (Å²) in [5, 5.41) is 5.14. The molecule has 1 aliphatic rings. The van der Waals surface area contributed by atoms with Crippen molar-refractivity contribution < 1.29 is 4.79 Å². The summed E-state index contributed by atoms with van der Waals surface area (Å²) in [6.07, 6.45) is 3.21. The number of hydrogen-bond acceptors (Lipinski definition) is 1. The zero-order chi connectivity index (χ0) is 17.4. The van der Waals surface area contributed by atoms with Crippen LogP contribution in [0.2, 0.25) is 5.02 Å². The highest BCUT2D eigenvalue weighted by molar-refractivity contribution is 6.31. The van der Waals surface area contributed by atoms with Gasteiger partial charge in [0.25, 0.3) is 0 Å². The largest absolute Gasteiger partial charge is 0.358 e. The Kier molecular flexibility index (Phi) is 4.26. The molecule has 3 nitrogen and oxygen atoms in total. The number of aryl methyl sites for hydroxylation is 2. The fourth-order valence-electron chi connectivity index (χ4n) is 3.68. The van der Waals surface area contributed by atoms with E-state index in [0.717, 1.165) is 35.4 Å². The second kappa shape index (κ2) is 6.57. The van der Waals surface area contributed by atoms with Crippen LogP contribution in [0.5, 0.6) is 0 Å². The van der Waals surface area contributed by atoms with Crippen LogP contribution in [0.4, 0.5) is 0 Å². The van der Waals surface area contributed by atoms with Crippen LogP contribution in [0.1, 0.15) is 28.8 Å². The molecule has 0 fully saturated rings. The lowest BCUT2D eigenvalue weighted by molar-refractivity contribution is -0.121. The molecule has 0 saturated heterocycles. The molecule has 1 unspecified atom stereocenters. The highest BCUT2D eigenvalue weighted by Crippen LogP contribution is 2.31. The number of aromatic amines is 1. The molecule has 1 atom stereocenters. The van der Waals surface area contributed by atoms with Gasteiger partial charge in [-0.1, -0.05) is 41.4 Å². The Hall–Kier alpha value is -2.26. The minimum Gasteiger partial charge on any atom is -0.358 e. The fourth-order valence-corrected chi connectivity index (χ4v) is 3.85. The van der Waals surface area contributed by atoms with Gasteiger partial charge in [0.15, 0.2) is 0 Å². The molecule has 0 spiro atoms. The SMILES string of the molecule is Cc1ccc(CC(=O)NC2CCc3[nH]c4ccc(Cl)cc4c3C2)cc1. The zero-order valence-corrected chi connectivity index (χ0v) is 15.0. The van der Waals surface area contributed by atoms with Crippen LogP contribution in [0, 0.1) is 6.92 Å². The molecule has 0 saturated carbocycles. The van der Waals surface area contributed by atoms with Crippen molar-refractivity contribution >= 4 is 28.4 Å². The summed E-state index contributed by atoms with van der Waals surface area (Å²) < 4.78 is 0. The van der Waals surface area contributed by atoms with Crippen molar-refractivity contribution in [1.29, 1.82) is 0 Å². The average Bonchev–Trinajstić information content (AvgIpc) is 2.94. The number of nitrogens with one attached hydrogen (secondary N) is 2. The van der Waals surface area contributed by atoms with Crippen molar-refractivity contribution in [2.24, 2.45) is 0 Å². The second-order valence-electron chi connectivity index (χ2n) is 6.94.